The van der Waals surface area contributed by atoms with Crippen LogP contribution >= 0.6 is 0 Å². The van der Waals surface area contributed by atoms with Crippen LogP contribution in [0.1, 0.15) is 37.6 Å². The molecule has 0 spiro atoms. The standard InChI is InChI=1S/C15H18FNO/c1-4-14(9-8-11(2)3)17-15(18)12-6-5-7-13(16)10-12/h5-10H,4H2,1-3H3,(H,17,18)/b14-9+. The zero-order chi connectivity index (χ0) is 13.5. The minimum atomic E-state index is -0.408. The smallest absolute Gasteiger partial charge is 0.255 e. The first-order valence-corrected chi connectivity index (χ1v) is 5.94. The highest BCUT2D eigenvalue weighted by Crippen LogP contribution is 2.06. The van der Waals surface area contributed by atoms with E-state index >= 15 is 0 Å². The first-order valence-electron chi connectivity index (χ1n) is 5.94. The quantitative estimate of drug-likeness (QED) is 0.805. The predicted molar refractivity (Wildman–Crippen MR) is 71.7 cm³/mol. The van der Waals surface area contributed by atoms with Crippen molar-refractivity contribution in [3.8, 4) is 0 Å². The zero-order valence-corrected chi connectivity index (χ0v) is 11.0. The Morgan fingerprint density at radius 2 is 2.06 bits per heavy atom. The van der Waals surface area contributed by atoms with E-state index in [0.29, 0.717) is 12.0 Å². The topological polar surface area (TPSA) is 29.1 Å². The Morgan fingerprint density at radius 1 is 1.33 bits per heavy atom. The van der Waals surface area contributed by atoms with Crippen LogP contribution in [-0.2, 0) is 0 Å². The Bertz CT molecular complexity index is 485. The normalized spacial score (nSPS) is 11.0. The highest BCUT2D eigenvalue weighted by Gasteiger charge is 2.07. The molecule has 1 rings (SSSR count). The summed E-state index contributed by atoms with van der Waals surface area (Å²) in [5.41, 5.74) is 2.29. The van der Waals surface area contributed by atoms with E-state index in [-0.39, 0.29) is 5.91 Å². The van der Waals surface area contributed by atoms with Gasteiger partial charge in [0.1, 0.15) is 5.82 Å². The van der Waals surface area contributed by atoms with E-state index in [1.54, 1.807) is 6.07 Å². The number of amides is 1. The second-order valence-electron chi connectivity index (χ2n) is 4.25. The van der Waals surface area contributed by atoms with Gasteiger partial charge in [0.15, 0.2) is 0 Å². The van der Waals surface area contributed by atoms with Crippen LogP contribution < -0.4 is 5.32 Å². The molecule has 0 atom stereocenters. The molecule has 0 unspecified atom stereocenters. The number of benzene rings is 1. The first-order chi connectivity index (χ1) is 8.52. The molecule has 3 heteroatoms. The average Bonchev–Trinajstić information content (AvgIpc) is 2.34. The van der Waals surface area contributed by atoms with Gasteiger partial charge in [0.25, 0.3) is 5.91 Å². The van der Waals surface area contributed by atoms with E-state index in [0.717, 1.165) is 11.3 Å². The van der Waals surface area contributed by atoms with Crippen LogP contribution in [0.4, 0.5) is 4.39 Å². The maximum atomic E-state index is 13.0. The molecule has 0 saturated heterocycles. The number of nitrogens with one attached hydrogen (secondary N) is 1. The molecule has 0 heterocycles. The van der Waals surface area contributed by atoms with Gasteiger partial charge in [-0.25, -0.2) is 4.39 Å². The Kier molecular flexibility index (Phi) is 5.31. The molecule has 0 fully saturated rings. The van der Waals surface area contributed by atoms with Crippen molar-refractivity contribution in [3.63, 3.8) is 0 Å². The molecule has 1 aromatic rings. The SMILES string of the molecule is CC/C(=C\C=C(C)C)NC(=O)c1cccc(F)c1. The van der Waals surface area contributed by atoms with Gasteiger partial charge in [0.05, 0.1) is 0 Å². The number of hydrogen-bond donors (Lipinski definition) is 1. The minimum Gasteiger partial charge on any atom is -0.326 e. The van der Waals surface area contributed by atoms with Crippen molar-refractivity contribution in [2.75, 3.05) is 0 Å². The molecule has 1 amide bonds. The van der Waals surface area contributed by atoms with E-state index < -0.39 is 5.82 Å². The lowest BCUT2D eigenvalue weighted by atomic mass is 10.2. The Balaban J connectivity index is 2.80. The average molecular weight is 247 g/mol. The predicted octanol–water partition coefficient (Wildman–Crippen LogP) is 3.82. The molecule has 0 bridgehead atoms. The van der Waals surface area contributed by atoms with Gasteiger partial charge < -0.3 is 5.32 Å². The molecule has 0 aliphatic carbocycles. The second kappa shape index (κ2) is 6.74. The summed E-state index contributed by atoms with van der Waals surface area (Å²) in [4.78, 5) is 11.9. The van der Waals surface area contributed by atoms with Crippen LogP contribution in [0.2, 0.25) is 0 Å². The van der Waals surface area contributed by atoms with Gasteiger partial charge in [-0.2, -0.15) is 0 Å². The van der Waals surface area contributed by atoms with E-state index in [1.807, 2.05) is 32.9 Å². The van der Waals surface area contributed by atoms with Crippen LogP contribution in [0, 0.1) is 5.82 Å². The number of allylic oxidation sites excluding steroid dienone is 4. The van der Waals surface area contributed by atoms with Gasteiger partial charge in [-0.3, -0.25) is 4.79 Å². The van der Waals surface area contributed by atoms with Crippen LogP contribution in [-0.4, -0.2) is 5.91 Å². The highest BCUT2D eigenvalue weighted by molar-refractivity contribution is 5.95. The lowest BCUT2D eigenvalue weighted by Gasteiger charge is -2.07. The Hall–Kier alpha value is -1.90. The summed E-state index contributed by atoms with van der Waals surface area (Å²) >= 11 is 0. The van der Waals surface area contributed by atoms with Gasteiger partial charge >= 0.3 is 0 Å². The van der Waals surface area contributed by atoms with Gasteiger partial charge in [0, 0.05) is 11.3 Å². The second-order valence-corrected chi connectivity index (χ2v) is 4.25. The molecule has 1 aromatic carbocycles. The van der Waals surface area contributed by atoms with Crippen molar-refractivity contribution in [1.82, 2.24) is 5.32 Å². The summed E-state index contributed by atoms with van der Waals surface area (Å²) in [6, 6.07) is 5.66. The van der Waals surface area contributed by atoms with Crippen molar-refractivity contribution in [2.24, 2.45) is 0 Å². The number of carbonyl (C=O) groups is 1. The summed E-state index contributed by atoms with van der Waals surface area (Å²) in [6.07, 6.45) is 4.52. The molecule has 0 radical (unpaired) electrons. The third-order valence-electron chi connectivity index (χ3n) is 2.36. The molecule has 2 nitrogen and oxygen atoms in total. The fraction of sp³-hybridized carbons (Fsp3) is 0.267. The third-order valence-corrected chi connectivity index (χ3v) is 2.36. The summed E-state index contributed by atoms with van der Waals surface area (Å²) in [7, 11) is 0. The lowest BCUT2D eigenvalue weighted by molar-refractivity contribution is 0.0964. The number of hydrogen-bond acceptors (Lipinski definition) is 1. The third kappa shape index (κ3) is 4.53. The summed E-state index contributed by atoms with van der Waals surface area (Å²) < 4.78 is 13.0. The van der Waals surface area contributed by atoms with E-state index in [2.05, 4.69) is 5.32 Å². The van der Waals surface area contributed by atoms with Gasteiger partial charge in [-0.1, -0.05) is 24.6 Å². The van der Waals surface area contributed by atoms with Crippen LogP contribution in [0.15, 0.2) is 47.7 Å². The summed E-state index contributed by atoms with van der Waals surface area (Å²) in [5, 5.41) is 2.78. The molecule has 0 aliphatic rings. The van der Waals surface area contributed by atoms with Crippen LogP contribution in [0.5, 0.6) is 0 Å². The van der Waals surface area contributed by atoms with Gasteiger partial charge in [-0.05, 0) is 44.5 Å². The molecular weight excluding hydrogens is 229 g/mol. The monoisotopic (exact) mass is 247 g/mol. The van der Waals surface area contributed by atoms with Crippen molar-refractivity contribution in [3.05, 3.63) is 59.1 Å². The number of rotatable bonds is 4. The Morgan fingerprint density at radius 3 is 2.61 bits per heavy atom. The molecule has 0 aliphatic heterocycles. The fourth-order valence-electron chi connectivity index (χ4n) is 1.36. The highest BCUT2D eigenvalue weighted by atomic mass is 19.1. The maximum Gasteiger partial charge on any atom is 0.255 e. The number of halogens is 1. The van der Waals surface area contributed by atoms with E-state index in [9.17, 15) is 9.18 Å². The largest absolute Gasteiger partial charge is 0.326 e. The van der Waals surface area contributed by atoms with Crippen molar-refractivity contribution in [2.45, 2.75) is 27.2 Å². The molecular formula is C15H18FNO. The van der Waals surface area contributed by atoms with Gasteiger partial charge in [0.2, 0.25) is 0 Å². The summed E-state index contributed by atoms with van der Waals surface area (Å²) in [5.74, 6) is -0.696. The Labute approximate surface area is 107 Å². The molecule has 0 saturated carbocycles. The lowest BCUT2D eigenvalue weighted by Crippen LogP contribution is -2.22. The van der Waals surface area contributed by atoms with Gasteiger partial charge in [-0.15, -0.1) is 0 Å². The first kappa shape index (κ1) is 14.2. The molecule has 18 heavy (non-hydrogen) atoms. The number of carbonyl (C=O) groups excluding carboxylic acids is 1. The van der Waals surface area contributed by atoms with Crippen molar-refractivity contribution < 1.29 is 9.18 Å². The van der Waals surface area contributed by atoms with E-state index in [4.69, 9.17) is 0 Å². The van der Waals surface area contributed by atoms with Crippen LogP contribution in [0.3, 0.4) is 0 Å². The molecule has 1 N–H and O–H groups in total. The fourth-order valence-corrected chi connectivity index (χ4v) is 1.36. The molecule has 0 aromatic heterocycles. The van der Waals surface area contributed by atoms with E-state index in [1.165, 1.54) is 18.2 Å². The summed E-state index contributed by atoms with van der Waals surface area (Å²) in [6.45, 7) is 5.92. The molecule has 96 valence electrons. The minimum absolute atomic E-state index is 0.287. The van der Waals surface area contributed by atoms with Crippen LogP contribution in [0.25, 0.3) is 0 Å². The van der Waals surface area contributed by atoms with Crippen molar-refractivity contribution in [1.29, 1.82) is 0 Å². The van der Waals surface area contributed by atoms with Crippen molar-refractivity contribution >= 4 is 5.91 Å². The maximum absolute atomic E-state index is 13.0. The zero-order valence-electron chi connectivity index (χ0n) is 11.0.